The quantitative estimate of drug-likeness (QED) is 0.751. The second-order valence-electron chi connectivity index (χ2n) is 5.96. The summed E-state index contributed by atoms with van der Waals surface area (Å²) in [5.74, 6) is -0.596. The van der Waals surface area contributed by atoms with Gasteiger partial charge in [-0.3, -0.25) is 9.59 Å². The van der Waals surface area contributed by atoms with E-state index in [-0.39, 0.29) is 11.3 Å². The maximum Gasteiger partial charge on any atom is 0.289 e. The number of nitrogens with zero attached hydrogens (tertiary/aromatic N) is 1. The van der Waals surface area contributed by atoms with Gasteiger partial charge in [0.05, 0.1) is 31.1 Å². The smallest absolute Gasteiger partial charge is 0.289 e. The number of carbonyl (C=O) groups excluding carboxylic acids is 2. The molecule has 1 aromatic heterocycles. The lowest BCUT2D eigenvalue weighted by Crippen LogP contribution is -2.26. The van der Waals surface area contributed by atoms with Crippen LogP contribution >= 0.6 is 0 Å². The zero-order valence-electron chi connectivity index (χ0n) is 15.4. The van der Waals surface area contributed by atoms with Crippen LogP contribution in [0.15, 0.2) is 52.3 Å². The van der Waals surface area contributed by atoms with E-state index in [0.29, 0.717) is 30.3 Å². The van der Waals surface area contributed by atoms with E-state index in [0.717, 1.165) is 0 Å². The van der Waals surface area contributed by atoms with E-state index >= 15 is 0 Å². The molecular formula is C20H21NO6. The number of benzene rings is 1. The zero-order chi connectivity index (χ0) is 19.6. The molecule has 1 aliphatic heterocycles. The van der Waals surface area contributed by atoms with Crippen LogP contribution in [0.3, 0.4) is 0 Å². The van der Waals surface area contributed by atoms with Gasteiger partial charge in [0.15, 0.2) is 23.0 Å². The van der Waals surface area contributed by atoms with E-state index in [1.165, 1.54) is 24.3 Å². The fourth-order valence-corrected chi connectivity index (χ4v) is 3.12. The third-order valence-electron chi connectivity index (χ3n) is 4.31. The normalized spacial score (nSPS) is 16.8. The van der Waals surface area contributed by atoms with Crippen LogP contribution in [0, 0.1) is 0 Å². The lowest BCUT2D eigenvalue weighted by molar-refractivity contribution is -0.128. The number of hydrogen-bond acceptors (Lipinski definition) is 6. The van der Waals surface area contributed by atoms with Gasteiger partial charge in [-0.25, -0.2) is 0 Å². The molecule has 0 saturated heterocycles. The molecule has 0 saturated carbocycles. The molecule has 2 aromatic rings. The van der Waals surface area contributed by atoms with Crippen molar-refractivity contribution in [2.24, 2.45) is 0 Å². The van der Waals surface area contributed by atoms with Crippen molar-refractivity contribution < 1.29 is 28.6 Å². The summed E-state index contributed by atoms with van der Waals surface area (Å²) in [6, 6.07) is 7.50. The molecule has 27 heavy (non-hydrogen) atoms. The van der Waals surface area contributed by atoms with E-state index in [1.54, 1.807) is 24.3 Å². The minimum absolute atomic E-state index is 0.0240. The molecule has 1 unspecified atom stereocenters. The molecule has 1 atom stereocenters. The highest BCUT2D eigenvalue weighted by Gasteiger charge is 2.42. The molecule has 142 valence electrons. The standard InChI is InChI=1S/C20H21NO6/c1-4-25-13-9-8-12(11-15(13)26-5-2)17-16(19(23)20(24)21(17)3)18(22)14-7-6-10-27-14/h6-11,17,23H,4-5H2,1-3H3. The minimum atomic E-state index is -0.759. The molecular weight excluding hydrogens is 350 g/mol. The molecule has 0 spiro atoms. The van der Waals surface area contributed by atoms with Crippen LogP contribution in [0.4, 0.5) is 0 Å². The molecule has 1 N–H and O–H groups in total. The summed E-state index contributed by atoms with van der Waals surface area (Å²) in [5, 5.41) is 10.3. The SMILES string of the molecule is CCOc1ccc(C2C(C(=O)c3ccco3)=C(O)C(=O)N2C)cc1OCC. The maximum absolute atomic E-state index is 12.8. The summed E-state index contributed by atoms with van der Waals surface area (Å²) in [5.41, 5.74) is 0.598. The Hall–Kier alpha value is -3.22. The van der Waals surface area contributed by atoms with E-state index in [9.17, 15) is 14.7 Å². The van der Waals surface area contributed by atoms with E-state index in [2.05, 4.69) is 0 Å². The van der Waals surface area contributed by atoms with Crippen molar-refractivity contribution in [3.05, 3.63) is 59.3 Å². The summed E-state index contributed by atoms with van der Waals surface area (Å²) in [6.07, 6.45) is 1.37. The second kappa shape index (κ2) is 7.57. The Bertz CT molecular complexity index is 884. The largest absolute Gasteiger partial charge is 0.503 e. The highest BCUT2D eigenvalue weighted by molar-refractivity contribution is 6.14. The van der Waals surface area contributed by atoms with Gasteiger partial charge < -0.3 is 23.9 Å². The summed E-state index contributed by atoms with van der Waals surface area (Å²) in [6.45, 7) is 4.63. The van der Waals surface area contributed by atoms with Crippen LogP contribution in [0.2, 0.25) is 0 Å². The molecule has 3 rings (SSSR count). The van der Waals surface area contributed by atoms with Crippen molar-refractivity contribution in [2.45, 2.75) is 19.9 Å². The second-order valence-corrected chi connectivity index (χ2v) is 5.96. The molecule has 7 heteroatoms. The molecule has 0 aliphatic carbocycles. The van der Waals surface area contributed by atoms with Gasteiger partial charge in [0.1, 0.15) is 0 Å². The van der Waals surface area contributed by atoms with Crippen LogP contribution in [0.25, 0.3) is 0 Å². The fourth-order valence-electron chi connectivity index (χ4n) is 3.12. The molecule has 0 bridgehead atoms. The summed E-state index contributed by atoms with van der Waals surface area (Å²) < 4.78 is 16.4. The van der Waals surface area contributed by atoms with E-state index < -0.39 is 23.5 Å². The molecule has 0 fully saturated rings. The van der Waals surface area contributed by atoms with Crippen molar-refractivity contribution in [1.29, 1.82) is 0 Å². The number of furan rings is 1. The first-order valence-electron chi connectivity index (χ1n) is 8.67. The van der Waals surface area contributed by atoms with E-state index in [4.69, 9.17) is 13.9 Å². The third kappa shape index (κ3) is 3.28. The molecule has 1 aliphatic rings. The van der Waals surface area contributed by atoms with E-state index in [1.807, 2.05) is 13.8 Å². The van der Waals surface area contributed by atoms with Gasteiger partial charge in [0.25, 0.3) is 5.91 Å². The summed E-state index contributed by atoms with van der Waals surface area (Å²) >= 11 is 0. The lowest BCUT2D eigenvalue weighted by atomic mass is 9.95. The number of ether oxygens (including phenoxy) is 2. The number of hydrogen-bond donors (Lipinski definition) is 1. The topological polar surface area (TPSA) is 89.2 Å². The Morgan fingerprint density at radius 2 is 1.89 bits per heavy atom. The number of aliphatic hydroxyl groups excluding tert-OH is 1. The Balaban J connectivity index is 2.06. The average molecular weight is 371 g/mol. The van der Waals surface area contributed by atoms with Gasteiger partial charge in [-0.1, -0.05) is 6.07 Å². The lowest BCUT2D eigenvalue weighted by Gasteiger charge is -2.23. The number of aliphatic hydroxyl groups is 1. The van der Waals surface area contributed by atoms with Crippen LogP contribution in [0.1, 0.15) is 36.0 Å². The Morgan fingerprint density at radius 1 is 1.19 bits per heavy atom. The first-order chi connectivity index (χ1) is 13.0. The number of ketones is 1. The Labute approximate surface area is 156 Å². The maximum atomic E-state index is 12.8. The van der Waals surface area contributed by atoms with Crippen molar-refractivity contribution in [2.75, 3.05) is 20.3 Å². The van der Waals surface area contributed by atoms with Crippen molar-refractivity contribution in [3.8, 4) is 11.5 Å². The molecule has 2 heterocycles. The van der Waals surface area contributed by atoms with Gasteiger partial charge in [0, 0.05) is 7.05 Å². The first-order valence-corrected chi connectivity index (χ1v) is 8.67. The molecule has 1 aromatic carbocycles. The Kier molecular flexibility index (Phi) is 5.21. The first kappa shape index (κ1) is 18.6. The minimum Gasteiger partial charge on any atom is -0.503 e. The highest BCUT2D eigenvalue weighted by atomic mass is 16.5. The predicted octanol–water partition coefficient (Wildman–Crippen LogP) is 3.29. The van der Waals surface area contributed by atoms with Crippen LogP contribution in [0.5, 0.6) is 11.5 Å². The third-order valence-corrected chi connectivity index (χ3v) is 4.31. The zero-order valence-corrected chi connectivity index (χ0v) is 15.4. The van der Waals surface area contributed by atoms with Gasteiger partial charge in [-0.05, 0) is 43.7 Å². The van der Waals surface area contributed by atoms with Gasteiger partial charge in [-0.15, -0.1) is 0 Å². The van der Waals surface area contributed by atoms with Crippen LogP contribution < -0.4 is 9.47 Å². The van der Waals surface area contributed by atoms with Gasteiger partial charge in [-0.2, -0.15) is 0 Å². The molecule has 0 radical (unpaired) electrons. The number of rotatable bonds is 7. The number of carbonyl (C=O) groups is 2. The average Bonchev–Trinajstić information content (AvgIpc) is 3.27. The van der Waals surface area contributed by atoms with Gasteiger partial charge >= 0.3 is 0 Å². The summed E-state index contributed by atoms with van der Waals surface area (Å²) in [7, 11) is 1.53. The molecule has 7 nitrogen and oxygen atoms in total. The fraction of sp³-hybridized carbons (Fsp3) is 0.300. The number of likely N-dealkylation sites (N-methyl/N-ethyl adjacent to an activating group) is 1. The number of Topliss-reactive ketones (excluding diaryl/α,β-unsaturated/α-hetero) is 1. The van der Waals surface area contributed by atoms with Crippen LogP contribution in [-0.4, -0.2) is 42.0 Å². The van der Waals surface area contributed by atoms with Crippen molar-refractivity contribution in [3.63, 3.8) is 0 Å². The predicted molar refractivity (Wildman–Crippen MR) is 97.0 cm³/mol. The van der Waals surface area contributed by atoms with Crippen LogP contribution in [-0.2, 0) is 4.79 Å². The Morgan fingerprint density at radius 3 is 2.52 bits per heavy atom. The number of amides is 1. The monoisotopic (exact) mass is 371 g/mol. The van der Waals surface area contributed by atoms with Crippen molar-refractivity contribution in [1.82, 2.24) is 4.90 Å². The van der Waals surface area contributed by atoms with Crippen molar-refractivity contribution >= 4 is 11.7 Å². The summed E-state index contributed by atoms with van der Waals surface area (Å²) in [4.78, 5) is 26.5. The molecule has 1 amide bonds. The highest BCUT2D eigenvalue weighted by Crippen LogP contribution is 2.40. The van der Waals surface area contributed by atoms with Gasteiger partial charge in [0.2, 0.25) is 5.78 Å².